The fraction of sp³-hybridized carbons (Fsp3) is 0. The normalized spacial score (nSPS) is 10.5. The number of nitrogens with one attached hydrogen (secondary N) is 1. The van der Waals surface area contributed by atoms with Gasteiger partial charge in [0.25, 0.3) is 0 Å². The van der Waals surface area contributed by atoms with Crippen molar-refractivity contribution in [3.8, 4) is 5.75 Å². The Kier molecular flexibility index (Phi) is 1.03. The van der Waals surface area contributed by atoms with Crippen LogP contribution in [0, 0.1) is 0 Å². The van der Waals surface area contributed by atoms with E-state index in [0.717, 1.165) is 5.52 Å². The summed E-state index contributed by atoms with van der Waals surface area (Å²) in [7, 11) is 0. The third kappa shape index (κ3) is 0.797. The first kappa shape index (κ1) is 6.03. The van der Waals surface area contributed by atoms with Crippen molar-refractivity contribution in [1.29, 1.82) is 0 Å². The number of nitrogens with zero attached hydrogens (tertiary/aromatic N) is 1. The number of aromatic hydroxyl groups is 1. The van der Waals surface area contributed by atoms with Gasteiger partial charge < -0.3 is 15.8 Å². The van der Waals surface area contributed by atoms with Gasteiger partial charge in [-0.15, -0.1) is 0 Å². The number of anilines is 1. The molecule has 0 saturated heterocycles. The van der Waals surface area contributed by atoms with E-state index in [1.807, 2.05) is 0 Å². The molecule has 11 heavy (non-hydrogen) atoms. The number of phenols is 1. The van der Waals surface area contributed by atoms with Crippen molar-refractivity contribution in [1.82, 2.24) is 9.97 Å². The number of nitrogen functional groups attached to an aromatic ring is 1. The van der Waals surface area contributed by atoms with Crippen LogP contribution >= 0.6 is 0 Å². The van der Waals surface area contributed by atoms with E-state index in [2.05, 4.69) is 9.97 Å². The minimum atomic E-state index is 0.152. The topological polar surface area (TPSA) is 74.9 Å². The van der Waals surface area contributed by atoms with Crippen LogP contribution in [0.5, 0.6) is 5.75 Å². The molecule has 0 aliphatic carbocycles. The fourth-order valence-corrected chi connectivity index (χ4v) is 1.06. The number of hydrogen-bond acceptors (Lipinski definition) is 3. The molecule has 4 N–H and O–H groups in total. The van der Waals surface area contributed by atoms with Gasteiger partial charge in [0.2, 0.25) is 0 Å². The number of benzene rings is 1. The highest BCUT2D eigenvalue weighted by atomic mass is 16.3. The first-order chi connectivity index (χ1) is 5.27. The lowest BCUT2D eigenvalue weighted by atomic mass is 10.2. The van der Waals surface area contributed by atoms with Crippen LogP contribution in [0.1, 0.15) is 0 Å². The zero-order chi connectivity index (χ0) is 7.84. The van der Waals surface area contributed by atoms with Gasteiger partial charge in [0, 0.05) is 12.1 Å². The first-order valence-electron chi connectivity index (χ1n) is 3.19. The van der Waals surface area contributed by atoms with Gasteiger partial charge in [-0.2, -0.15) is 0 Å². The number of aromatic nitrogens is 2. The second-order valence-corrected chi connectivity index (χ2v) is 2.33. The summed E-state index contributed by atoms with van der Waals surface area (Å²) in [4.78, 5) is 6.82. The van der Waals surface area contributed by atoms with Crippen LogP contribution in [0.2, 0.25) is 0 Å². The van der Waals surface area contributed by atoms with Gasteiger partial charge in [-0.3, -0.25) is 0 Å². The van der Waals surface area contributed by atoms with E-state index in [4.69, 9.17) is 10.8 Å². The summed E-state index contributed by atoms with van der Waals surface area (Å²) in [6, 6.07) is 3.06. The maximum Gasteiger partial charge on any atom is 0.119 e. The average molecular weight is 149 g/mol. The Labute approximate surface area is 62.7 Å². The molecule has 0 spiro atoms. The number of fused-ring (bicyclic) bond motifs is 1. The number of imidazole rings is 1. The van der Waals surface area contributed by atoms with E-state index in [1.54, 1.807) is 12.4 Å². The lowest BCUT2D eigenvalue weighted by Gasteiger charge is -1.95. The van der Waals surface area contributed by atoms with Gasteiger partial charge in [-0.1, -0.05) is 0 Å². The molecule has 2 rings (SSSR count). The van der Waals surface area contributed by atoms with Crippen molar-refractivity contribution in [3.63, 3.8) is 0 Å². The molecule has 0 radical (unpaired) electrons. The molecule has 0 unspecified atom stereocenters. The van der Waals surface area contributed by atoms with Gasteiger partial charge in [0.05, 0.1) is 17.5 Å². The highest BCUT2D eigenvalue weighted by Crippen LogP contribution is 2.22. The molecule has 1 aromatic carbocycles. The minimum absolute atomic E-state index is 0.152. The predicted octanol–water partition coefficient (Wildman–Crippen LogP) is 0.851. The fourth-order valence-electron chi connectivity index (χ4n) is 1.06. The van der Waals surface area contributed by atoms with Crippen molar-refractivity contribution in [2.45, 2.75) is 0 Å². The summed E-state index contributed by atoms with van der Waals surface area (Å²) in [5, 5.41) is 9.10. The van der Waals surface area contributed by atoms with E-state index in [9.17, 15) is 0 Å². The van der Waals surface area contributed by atoms with Crippen LogP contribution in [0.15, 0.2) is 18.5 Å². The summed E-state index contributed by atoms with van der Waals surface area (Å²) in [5.41, 5.74) is 7.50. The third-order valence-corrected chi connectivity index (χ3v) is 1.54. The zero-order valence-electron chi connectivity index (χ0n) is 5.70. The third-order valence-electron chi connectivity index (χ3n) is 1.54. The standard InChI is InChI=1S/C7H7N3O/c8-5-1-4(11)2-6-7(5)10-3-9-6/h1-3,11H,8H2,(H,9,10). The molecule has 0 aliphatic rings. The second-order valence-electron chi connectivity index (χ2n) is 2.33. The van der Waals surface area contributed by atoms with Gasteiger partial charge in [-0.05, 0) is 0 Å². The summed E-state index contributed by atoms with van der Waals surface area (Å²) < 4.78 is 0. The van der Waals surface area contributed by atoms with E-state index >= 15 is 0 Å². The van der Waals surface area contributed by atoms with Gasteiger partial charge >= 0.3 is 0 Å². The van der Waals surface area contributed by atoms with E-state index in [1.165, 1.54) is 6.07 Å². The SMILES string of the molecule is Nc1cc(O)cc2[nH]cnc12. The summed E-state index contributed by atoms with van der Waals surface area (Å²) in [5.74, 6) is 0.152. The molecule has 0 fully saturated rings. The van der Waals surface area contributed by atoms with E-state index in [0.29, 0.717) is 11.2 Å². The smallest absolute Gasteiger partial charge is 0.119 e. The van der Waals surface area contributed by atoms with E-state index in [-0.39, 0.29) is 5.75 Å². The van der Waals surface area contributed by atoms with Gasteiger partial charge in [-0.25, -0.2) is 4.98 Å². The molecular formula is C7H7N3O. The van der Waals surface area contributed by atoms with Crippen LogP contribution in [0.3, 0.4) is 0 Å². The molecular weight excluding hydrogens is 142 g/mol. The van der Waals surface area contributed by atoms with Gasteiger partial charge in [0.15, 0.2) is 0 Å². The molecule has 1 heterocycles. The highest BCUT2D eigenvalue weighted by molar-refractivity contribution is 5.88. The maximum absolute atomic E-state index is 9.10. The lowest BCUT2D eigenvalue weighted by Crippen LogP contribution is -1.85. The monoisotopic (exact) mass is 149 g/mol. The Morgan fingerprint density at radius 2 is 2.27 bits per heavy atom. The Hall–Kier alpha value is -1.71. The maximum atomic E-state index is 9.10. The largest absolute Gasteiger partial charge is 0.508 e. The molecule has 4 heteroatoms. The molecule has 0 aliphatic heterocycles. The number of hydrogen-bond donors (Lipinski definition) is 3. The molecule has 0 atom stereocenters. The number of phenolic OH excluding ortho intramolecular Hbond substituents is 1. The van der Waals surface area contributed by atoms with Crippen LogP contribution in [-0.2, 0) is 0 Å². The Balaban J connectivity index is 2.91. The summed E-state index contributed by atoms with van der Waals surface area (Å²) in [6.07, 6.45) is 1.54. The van der Waals surface area contributed by atoms with Crippen LogP contribution in [0.4, 0.5) is 5.69 Å². The van der Waals surface area contributed by atoms with Gasteiger partial charge in [0.1, 0.15) is 11.3 Å². The van der Waals surface area contributed by atoms with Crippen LogP contribution in [0.25, 0.3) is 11.0 Å². The van der Waals surface area contributed by atoms with Crippen molar-refractivity contribution >= 4 is 16.7 Å². The van der Waals surface area contributed by atoms with Crippen molar-refractivity contribution in [2.24, 2.45) is 0 Å². The number of H-pyrrole nitrogens is 1. The van der Waals surface area contributed by atoms with E-state index < -0.39 is 0 Å². The number of nitrogens with two attached hydrogens (primary N) is 1. The first-order valence-corrected chi connectivity index (χ1v) is 3.19. The lowest BCUT2D eigenvalue weighted by molar-refractivity contribution is 0.476. The Bertz CT molecular complexity index is 393. The van der Waals surface area contributed by atoms with Crippen molar-refractivity contribution in [3.05, 3.63) is 18.5 Å². The highest BCUT2D eigenvalue weighted by Gasteiger charge is 2.01. The molecule has 1 aromatic heterocycles. The summed E-state index contributed by atoms with van der Waals surface area (Å²) >= 11 is 0. The zero-order valence-corrected chi connectivity index (χ0v) is 5.70. The Morgan fingerprint density at radius 3 is 3.09 bits per heavy atom. The molecule has 4 nitrogen and oxygen atoms in total. The van der Waals surface area contributed by atoms with Crippen molar-refractivity contribution < 1.29 is 5.11 Å². The summed E-state index contributed by atoms with van der Waals surface area (Å²) in [6.45, 7) is 0. The van der Waals surface area contributed by atoms with Crippen LogP contribution in [-0.4, -0.2) is 15.1 Å². The van der Waals surface area contributed by atoms with Crippen LogP contribution < -0.4 is 5.73 Å². The predicted molar refractivity (Wildman–Crippen MR) is 42.2 cm³/mol. The molecule has 0 saturated carbocycles. The molecule has 0 bridgehead atoms. The molecule has 2 aromatic rings. The minimum Gasteiger partial charge on any atom is -0.508 e. The average Bonchev–Trinajstić information content (AvgIpc) is 2.34. The quantitative estimate of drug-likeness (QED) is 0.486. The molecule has 0 amide bonds. The number of rotatable bonds is 0. The molecule has 56 valence electrons. The second kappa shape index (κ2) is 1.88. The number of aromatic amines is 1. The van der Waals surface area contributed by atoms with Crippen molar-refractivity contribution in [2.75, 3.05) is 5.73 Å². The Morgan fingerprint density at radius 1 is 1.45 bits per heavy atom.